The molecule has 0 spiro atoms. The Morgan fingerprint density at radius 3 is 2.18 bits per heavy atom. The summed E-state index contributed by atoms with van der Waals surface area (Å²) in [6.45, 7) is 5.82. The Balaban J connectivity index is 4.02. The first kappa shape index (κ1) is 16.6. The maximum absolute atomic E-state index is 9.19. The first-order valence-corrected chi connectivity index (χ1v) is 6.77. The molecule has 0 rings (SSSR count). The summed E-state index contributed by atoms with van der Waals surface area (Å²) in [6, 6.07) is 0. The number of aliphatic hydroxyl groups excluding tert-OH is 2. The van der Waals surface area contributed by atoms with Crippen LogP contribution < -0.4 is 0 Å². The van der Waals surface area contributed by atoms with Crippen LogP contribution in [0.25, 0.3) is 0 Å². The topological polar surface area (TPSA) is 52.9 Å². The van der Waals surface area contributed by atoms with E-state index >= 15 is 0 Å². The summed E-state index contributed by atoms with van der Waals surface area (Å²) in [7, 11) is 0. The predicted molar refractivity (Wildman–Crippen MR) is 73.0 cm³/mol. The molecular weight excluding hydrogens is 238 g/mol. The van der Waals surface area contributed by atoms with E-state index in [1.807, 2.05) is 4.90 Å². The molecule has 0 amide bonds. The highest BCUT2D eigenvalue weighted by Crippen LogP contribution is 2.03. The Labute approximate surface area is 110 Å². The van der Waals surface area contributed by atoms with Crippen molar-refractivity contribution in [3.05, 3.63) is 0 Å². The van der Waals surface area contributed by atoms with Gasteiger partial charge in [-0.1, -0.05) is 26.7 Å². The molecule has 1 atom stereocenters. The lowest BCUT2D eigenvalue weighted by Crippen LogP contribution is -2.35. The van der Waals surface area contributed by atoms with Crippen molar-refractivity contribution in [1.82, 2.24) is 4.90 Å². The van der Waals surface area contributed by atoms with Gasteiger partial charge < -0.3 is 19.8 Å². The Morgan fingerprint density at radius 1 is 1.24 bits per heavy atom. The van der Waals surface area contributed by atoms with Crippen molar-refractivity contribution in [1.29, 1.82) is 0 Å². The van der Waals surface area contributed by atoms with E-state index in [4.69, 9.17) is 22.1 Å². The van der Waals surface area contributed by atoms with Crippen LogP contribution >= 0.6 is 12.2 Å². The van der Waals surface area contributed by atoms with E-state index in [0.717, 1.165) is 38.8 Å². The van der Waals surface area contributed by atoms with Gasteiger partial charge in [0.1, 0.15) is 12.7 Å². The van der Waals surface area contributed by atoms with Crippen LogP contribution in [0.15, 0.2) is 0 Å². The molecule has 0 radical (unpaired) electrons. The van der Waals surface area contributed by atoms with Gasteiger partial charge >= 0.3 is 0 Å². The van der Waals surface area contributed by atoms with Crippen molar-refractivity contribution in [3.63, 3.8) is 0 Å². The van der Waals surface area contributed by atoms with Crippen molar-refractivity contribution < 1.29 is 14.9 Å². The highest BCUT2D eigenvalue weighted by Gasteiger charge is 2.11. The van der Waals surface area contributed by atoms with Crippen LogP contribution in [0.5, 0.6) is 0 Å². The van der Waals surface area contributed by atoms with E-state index in [0.29, 0.717) is 5.17 Å². The van der Waals surface area contributed by atoms with E-state index in [2.05, 4.69) is 13.8 Å². The summed E-state index contributed by atoms with van der Waals surface area (Å²) in [6.07, 6.45) is 3.53. The van der Waals surface area contributed by atoms with Gasteiger partial charge in [-0.05, 0) is 25.1 Å². The third-order valence-electron chi connectivity index (χ3n) is 2.43. The summed E-state index contributed by atoms with van der Waals surface area (Å²) in [5.74, 6) is 0. The summed E-state index contributed by atoms with van der Waals surface area (Å²) in [4.78, 5) is 2.03. The smallest absolute Gasteiger partial charge is 0.259 e. The molecule has 2 N–H and O–H groups in total. The van der Waals surface area contributed by atoms with Gasteiger partial charge in [-0.15, -0.1) is 0 Å². The van der Waals surface area contributed by atoms with E-state index in [1.54, 1.807) is 0 Å². The molecule has 1 unspecified atom stereocenters. The minimum Gasteiger partial charge on any atom is -0.468 e. The maximum Gasteiger partial charge on any atom is 0.259 e. The van der Waals surface area contributed by atoms with Crippen molar-refractivity contribution in [2.45, 2.75) is 45.6 Å². The van der Waals surface area contributed by atoms with E-state index in [9.17, 15) is 5.11 Å². The fraction of sp³-hybridized carbons (Fsp3) is 0.917. The zero-order chi connectivity index (χ0) is 13.1. The quantitative estimate of drug-likeness (QED) is 0.618. The first-order chi connectivity index (χ1) is 8.15. The Hall–Kier alpha value is -0.390. The molecule has 0 saturated carbocycles. The third kappa shape index (κ3) is 8.35. The zero-order valence-corrected chi connectivity index (χ0v) is 11.7. The number of hydrogen-bond donors (Lipinski definition) is 2. The Morgan fingerprint density at radius 2 is 1.76 bits per heavy atom. The molecule has 0 aliphatic carbocycles. The summed E-state index contributed by atoms with van der Waals surface area (Å²) in [5, 5.41) is 18.3. The lowest BCUT2D eigenvalue weighted by molar-refractivity contribution is 0.0445. The van der Waals surface area contributed by atoms with Crippen molar-refractivity contribution in [3.8, 4) is 0 Å². The van der Waals surface area contributed by atoms with Crippen molar-refractivity contribution in [2.24, 2.45) is 0 Å². The molecule has 0 bridgehead atoms. The molecule has 17 heavy (non-hydrogen) atoms. The first-order valence-electron chi connectivity index (χ1n) is 6.36. The van der Waals surface area contributed by atoms with Crippen LogP contribution in [0.4, 0.5) is 0 Å². The van der Waals surface area contributed by atoms with Crippen LogP contribution in [0.1, 0.15) is 39.5 Å². The fourth-order valence-electron chi connectivity index (χ4n) is 1.30. The molecule has 0 aliphatic rings. The van der Waals surface area contributed by atoms with Gasteiger partial charge in [-0.25, -0.2) is 0 Å². The van der Waals surface area contributed by atoms with E-state index in [1.165, 1.54) is 0 Å². The average Bonchev–Trinajstić information content (AvgIpc) is 2.35. The van der Waals surface area contributed by atoms with Gasteiger partial charge in [0.15, 0.2) is 0 Å². The molecular formula is C12H25NO3S. The molecule has 0 saturated heterocycles. The second kappa shape index (κ2) is 10.7. The number of ether oxygens (including phenoxy) is 1. The highest BCUT2D eigenvalue weighted by molar-refractivity contribution is 7.80. The van der Waals surface area contributed by atoms with Crippen LogP contribution in [0.2, 0.25) is 0 Å². The van der Waals surface area contributed by atoms with Crippen molar-refractivity contribution >= 4 is 17.4 Å². The van der Waals surface area contributed by atoms with E-state index < -0.39 is 6.10 Å². The second-order valence-corrected chi connectivity index (χ2v) is 4.46. The number of aliphatic hydroxyl groups is 2. The van der Waals surface area contributed by atoms with Crippen LogP contribution in [0.3, 0.4) is 0 Å². The molecule has 0 aromatic rings. The predicted octanol–water partition coefficient (Wildman–Crippen LogP) is 1.54. The van der Waals surface area contributed by atoms with Gasteiger partial charge in [0.05, 0.1) is 6.61 Å². The summed E-state index contributed by atoms with van der Waals surface area (Å²) < 4.78 is 5.30. The highest BCUT2D eigenvalue weighted by atomic mass is 32.1. The molecule has 0 aliphatic heterocycles. The molecule has 0 fully saturated rings. The molecule has 0 aromatic heterocycles. The monoisotopic (exact) mass is 263 g/mol. The summed E-state index contributed by atoms with van der Waals surface area (Å²) >= 11 is 5.18. The van der Waals surface area contributed by atoms with Gasteiger partial charge in [0.2, 0.25) is 0 Å². The lowest BCUT2D eigenvalue weighted by Gasteiger charge is -2.25. The minimum absolute atomic E-state index is 0.0596. The Kier molecular flexibility index (Phi) is 10.5. The lowest BCUT2D eigenvalue weighted by atomic mass is 10.3. The van der Waals surface area contributed by atoms with Gasteiger partial charge in [0, 0.05) is 13.1 Å². The van der Waals surface area contributed by atoms with Gasteiger partial charge in [-0.2, -0.15) is 0 Å². The zero-order valence-electron chi connectivity index (χ0n) is 10.9. The van der Waals surface area contributed by atoms with Crippen LogP contribution in [0, 0.1) is 0 Å². The molecule has 0 heterocycles. The van der Waals surface area contributed by atoms with Crippen LogP contribution in [-0.4, -0.2) is 52.7 Å². The molecule has 4 nitrogen and oxygen atoms in total. The molecule has 5 heteroatoms. The number of nitrogens with zero attached hydrogens (tertiary/aromatic N) is 1. The number of hydrogen-bond acceptors (Lipinski definition) is 4. The standard InChI is InChI=1S/C12H25NO3S/c1-3-5-7-13(8-6-4-2)12(17)16-10-11(15)9-14/h11,14-15H,3-10H2,1-2H3. The fourth-order valence-corrected chi connectivity index (χ4v) is 1.55. The van der Waals surface area contributed by atoms with Crippen LogP contribution in [-0.2, 0) is 4.74 Å². The number of rotatable bonds is 9. The van der Waals surface area contributed by atoms with E-state index in [-0.39, 0.29) is 13.2 Å². The average molecular weight is 263 g/mol. The molecule has 102 valence electrons. The van der Waals surface area contributed by atoms with Gasteiger partial charge in [-0.3, -0.25) is 0 Å². The number of unbranched alkanes of at least 4 members (excludes halogenated alkanes) is 2. The largest absolute Gasteiger partial charge is 0.468 e. The normalized spacial score (nSPS) is 12.2. The minimum atomic E-state index is -0.854. The third-order valence-corrected chi connectivity index (χ3v) is 2.81. The molecule has 0 aromatic carbocycles. The number of thiocarbonyl (C=S) groups is 1. The Bertz CT molecular complexity index is 194. The SMILES string of the molecule is CCCCN(CCCC)C(=S)OCC(O)CO. The summed E-state index contributed by atoms with van der Waals surface area (Å²) in [5.41, 5.74) is 0. The maximum atomic E-state index is 9.19. The second-order valence-electron chi connectivity index (χ2n) is 4.11. The van der Waals surface area contributed by atoms with Gasteiger partial charge in [0.25, 0.3) is 5.17 Å². The van der Waals surface area contributed by atoms with Crippen molar-refractivity contribution in [2.75, 3.05) is 26.3 Å².